The van der Waals surface area contributed by atoms with E-state index < -0.39 is 0 Å². The second kappa shape index (κ2) is 7.96. The fourth-order valence-corrected chi connectivity index (χ4v) is 5.07. The zero-order valence-electron chi connectivity index (χ0n) is 16.9. The molecule has 2 aromatic rings. The summed E-state index contributed by atoms with van der Waals surface area (Å²) in [4.78, 5) is 25.7. The first kappa shape index (κ1) is 20.0. The van der Waals surface area contributed by atoms with Crippen LogP contribution in [0.15, 0.2) is 64.2 Å². The van der Waals surface area contributed by atoms with Gasteiger partial charge in [-0.05, 0) is 48.1 Å². The molecular weight excluding hydrogens is 460 g/mol. The molecule has 158 valence electrons. The average molecular weight is 481 g/mol. The number of carbonyl (C=O) groups is 2. The second-order valence-corrected chi connectivity index (χ2v) is 8.94. The summed E-state index contributed by atoms with van der Waals surface area (Å²) in [6.07, 6.45) is 6.54. The molecule has 2 aromatic carbocycles. The number of methoxy groups -OCH3 is 1. The molecule has 5 rings (SSSR count). The van der Waals surface area contributed by atoms with Crippen LogP contribution in [-0.4, -0.2) is 30.1 Å². The molecule has 0 aromatic heterocycles. The number of carbonyl (C=O) groups excluding carboxylic acids is 2. The molecule has 0 radical (unpaired) electrons. The summed E-state index contributed by atoms with van der Waals surface area (Å²) < 4.78 is 12.5. The SMILES string of the molecule is COc1cccc(C=NN2C(=O)[C@@H]3[C@H](C2=O)[C@H]2C=C[C@H]3C2)c1OCc1ccc(Br)cc1. The van der Waals surface area contributed by atoms with Gasteiger partial charge in [-0.2, -0.15) is 10.1 Å². The first-order chi connectivity index (χ1) is 15.1. The molecule has 2 aliphatic carbocycles. The molecule has 3 aliphatic rings. The fraction of sp³-hybridized carbons (Fsp3) is 0.292. The van der Waals surface area contributed by atoms with Crippen molar-refractivity contribution < 1.29 is 19.1 Å². The molecule has 7 heteroatoms. The Morgan fingerprint density at radius 1 is 1.06 bits per heavy atom. The zero-order valence-corrected chi connectivity index (χ0v) is 18.5. The van der Waals surface area contributed by atoms with Crippen molar-refractivity contribution in [2.24, 2.45) is 28.8 Å². The van der Waals surface area contributed by atoms with Gasteiger partial charge in [-0.25, -0.2) is 0 Å². The van der Waals surface area contributed by atoms with Crippen molar-refractivity contribution >= 4 is 34.0 Å². The predicted octanol–water partition coefficient (Wildman–Crippen LogP) is 4.18. The molecule has 6 nitrogen and oxygen atoms in total. The highest BCUT2D eigenvalue weighted by atomic mass is 79.9. The van der Waals surface area contributed by atoms with E-state index in [1.165, 1.54) is 6.21 Å². The van der Waals surface area contributed by atoms with Gasteiger partial charge < -0.3 is 9.47 Å². The molecule has 31 heavy (non-hydrogen) atoms. The van der Waals surface area contributed by atoms with E-state index in [4.69, 9.17) is 9.47 Å². The van der Waals surface area contributed by atoms with Crippen LogP contribution >= 0.6 is 15.9 Å². The summed E-state index contributed by atoms with van der Waals surface area (Å²) in [5, 5.41) is 5.32. The number of hydrazone groups is 1. The zero-order chi connectivity index (χ0) is 21.5. The van der Waals surface area contributed by atoms with Crippen molar-refractivity contribution in [3.05, 3.63) is 70.2 Å². The van der Waals surface area contributed by atoms with Gasteiger partial charge in [0.05, 0.1) is 25.2 Å². The highest BCUT2D eigenvalue weighted by Gasteiger charge is 2.59. The molecule has 1 aliphatic heterocycles. The van der Waals surface area contributed by atoms with Gasteiger partial charge in [0.15, 0.2) is 11.5 Å². The van der Waals surface area contributed by atoms with Crippen molar-refractivity contribution in [1.29, 1.82) is 0 Å². The Hall–Kier alpha value is -2.93. The van der Waals surface area contributed by atoms with Gasteiger partial charge in [-0.1, -0.05) is 46.3 Å². The van der Waals surface area contributed by atoms with Crippen LogP contribution in [0.25, 0.3) is 0 Å². The van der Waals surface area contributed by atoms with Crippen LogP contribution in [0.4, 0.5) is 0 Å². The first-order valence-corrected chi connectivity index (χ1v) is 11.0. The number of halogens is 1. The van der Waals surface area contributed by atoms with Crippen LogP contribution in [0.3, 0.4) is 0 Å². The summed E-state index contributed by atoms with van der Waals surface area (Å²) in [6.45, 7) is 0.343. The minimum atomic E-state index is -0.266. The van der Waals surface area contributed by atoms with Gasteiger partial charge in [0.2, 0.25) is 0 Å². The minimum absolute atomic E-state index is 0.160. The Morgan fingerprint density at radius 3 is 2.39 bits per heavy atom. The Bertz CT molecular complexity index is 1070. The normalized spacial score (nSPS) is 26.2. The maximum atomic E-state index is 12.9. The number of fused-ring (bicyclic) bond motifs is 5. The number of hydrogen-bond acceptors (Lipinski definition) is 5. The number of amides is 2. The highest BCUT2D eigenvalue weighted by Crippen LogP contribution is 2.52. The van der Waals surface area contributed by atoms with Gasteiger partial charge in [-0.15, -0.1) is 0 Å². The van der Waals surface area contributed by atoms with Crippen molar-refractivity contribution in [1.82, 2.24) is 5.01 Å². The molecule has 2 amide bonds. The number of nitrogens with zero attached hydrogens (tertiary/aromatic N) is 2. The van der Waals surface area contributed by atoms with E-state index >= 15 is 0 Å². The van der Waals surface area contributed by atoms with E-state index in [0.29, 0.717) is 23.7 Å². The van der Waals surface area contributed by atoms with E-state index in [1.54, 1.807) is 13.2 Å². The van der Waals surface area contributed by atoms with Gasteiger partial charge in [0.25, 0.3) is 11.8 Å². The number of hydrogen-bond donors (Lipinski definition) is 0. The fourth-order valence-electron chi connectivity index (χ4n) is 4.81. The van der Waals surface area contributed by atoms with Crippen molar-refractivity contribution in [2.75, 3.05) is 7.11 Å². The summed E-state index contributed by atoms with van der Waals surface area (Å²) in [6, 6.07) is 13.3. The molecule has 1 saturated heterocycles. The predicted molar refractivity (Wildman–Crippen MR) is 119 cm³/mol. The Morgan fingerprint density at radius 2 is 1.74 bits per heavy atom. The molecule has 4 atom stereocenters. The summed E-state index contributed by atoms with van der Waals surface area (Å²) in [5.74, 6) is 0.446. The number of ether oxygens (including phenoxy) is 2. The maximum absolute atomic E-state index is 12.9. The van der Waals surface area contributed by atoms with Gasteiger partial charge in [0.1, 0.15) is 6.61 Å². The summed E-state index contributed by atoms with van der Waals surface area (Å²) >= 11 is 3.43. The molecule has 1 saturated carbocycles. The van der Waals surface area contributed by atoms with E-state index in [0.717, 1.165) is 21.5 Å². The van der Waals surface area contributed by atoms with Crippen molar-refractivity contribution in [2.45, 2.75) is 13.0 Å². The maximum Gasteiger partial charge on any atom is 0.254 e. The number of imide groups is 1. The third kappa shape index (κ3) is 3.47. The van der Waals surface area contributed by atoms with E-state index in [-0.39, 0.29) is 35.5 Å². The standard InChI is InChI=1S/C24H21BrN2O4/c1-30-19-4-2-3-17(22(19)31-13-14-5-9-18(25)10-6-14)12-26-27-23(28)20-15-7-8-16(11-15)21(20)24(27)29/h2-10,12,15-16,20-21H,11,13H2,1H3/t15-,16-,20-,21+/m0/s1. The smallest absolute Gasteiger partial charge is 0.254 e. The third-order valence-corrected chi connectivity index (χ3v) is 6.81. The monoisotopic (exact) mass is 480 g/mol. The van der Waals surface area contributed by atoms with Crippen LogP contribution in [0.2, 0.25) is 0 Å². The third-order valence-electron chi connectivity index (χ3n) is 6.29. The lowest BCUT2D eigenvalue weighted by molar-refractivity contribution is -0.140. The van der Waals surface area contributed by atoms with Gasteiger partial charge >= 0.3 is 0 Å². The Kier molecular flexibility index (Phi) is 5.14. The summed E-state index contributed by atoms with van der Waals surface area (Å²) in [7, 11) is 1.57. The first-order valence-electron chi connectivity index (χ1n) is 10.2. The quantitative estimate of drug-likeness (QED) is 0.353. The summed E-state index contributed by atoms with van der Waals surface area (Å²) in [5.41, 5.74) is 1.63. The van der Waals surface area contributed by atoms with Crippen LogP contribution in [0.5, 0.6) is 11.5 Å². The topological polar surface area (TPSA) is 68.2 Å². The van der Waals surface area contributed by atoms with Crippen LogP contribution in [-0.2, 0) is 16.2 Å². The van der Waals surface area contributed by atoms with E-state index in [2.05, 4.69) is 33.2 Å². The molecule has 2 bridgehead atoms. The number of rotatable bonds is 6. The van der Waals surface area contributed by atoms with Gasteiger partial charge in [-0.3, -0.25) is 9.59 Å². The lowest BCUT2D eigenvalue weighted by Crippen LogP contribution is -2.28. The molecule has 0 N–H and O–H groups in total. The molecule has 0 spiro atoms. The van der Waals surface area contributed by atoms with Crippen LogP contribution in [0.1, 0.15) is 17.5 Å². The number of benzene rings is 2. The van der Waals surface area contributed by atoms with Gasteiger partial charge in [0, 0.05) is 10.0 Å². The lowest BCUT2D eigenvalue weighted by Gasteiger charge is -2.14. The molecule has 0 unspecified atom stereocenters. The van der Waals surface area contributed by atoms with Crippen molar-refractivity contribution in [3.8, 4) is 11.5 Å². The number of allylic oxidation sites excluding steroid dienone is 2. The van der Waals surface area contributed by atoms with Crippen LogP contribution in [0, 0.1) is 23.7 Å². The molecular formula is C24H21BrN2O4. The largest absolute Gasteiger partial charge is 0.493 e. The number of para-hydroxylation sites is 1. The Balaban J connectivity index is 1.38. The van der Waals surface area contributed by atoms with E-state index in [9.17, 15) is 9.59 Å². The minimum Gasteiger partial charge on any atom is -0.493 e. The highest BCUT2D eigenvalue weighted by molar-refractivity contribution is 9.10. The van der Waals surface area contributed by atoms with Crippen LogP contribution < -0.4 is 9.47 Å². The average Bonchev–Trinajstić information content (AvgIpc) is 3.46. The molecule has 1 heterocycles. The Labute approximate surface area is 188 Å². The molecule has 2 fully saturated rings. The lowest BCUT2D eigenvalue weighted by atomic mass is 9.85. The van der Waals surface area contributed by atoms with Crippen molar-refractivity contribution in [3.63, 3.8) is 0 Å². The second-order valence-electron chi connectivity index (χ2n) is 8.03. The van der Waals surface area contributed by atoms with E-state index in [1.807, 2.05) is 36.4 Å².